The lowest BCUT2D eigenvalue weighted by molar-refractivity contribution is 0.0846. The van der Waals surface area contributed by atoms with E-state index in [1.807, 2.05) is 19.9 Å². The normalized spacial score (nSPS) is 10.0. The SMILES string of the molecule is Cc1ccc(C(=O)NNC(=O)c2cccc(Cl)c2)cc1C. The van der Waals surface area contributed by atoms with Crippen molar-refractivity contribution in [1.29, 1.82) is 0 Å². The Hall–Kier alpha value is -2.33. The molecule has 0 unspecified atom stereocenters. The van der Waals surface area contributed by atoms with Crippen molar-refractivity contribution in [1.82, 2.24) is 10.9 Å². The lowest BCUT2D eigenvalue weighted by Crippen LogP contribution is -2.41. The maximum absolute atomic E-state index is 12.0. The van der Waals surface area contributed by atoms with Crippen LogP contribution in [0.4, 0.5) is 0 Å². The van der Waals surface area contributed by atoms with Crippen LogP contribution >= 0.6 is 11.6 Å². The molecule has 0 atom stereocenters. The Bertz CT molecular complexity index is 698. The molecule has 0 saturated heterocycles. The van der Waals surface area contributed by atoms with E-state index in [0.29, 0.717) is 16.1 Å². The van der Waals surface area contributed by atoms with Crippen molar-refractivity contribution in [2.75, 3.05) is 0 Å². The molecule has 5 heteroatoms. The lowest BCUT2D eigenvalue weighted by Gasteiger charge is -2.09. The molecule has 0 heterocycles. The molecule has 0 bridgehead atoms. The third-order valence-corrected chi connectivity index (χ3v) is 3.38. The summed E-state index contributed by atoms with van der Waals surface area (Å²) in [7, 11) is 0. The first-order chi connectivity index (χ1) is 9.97. The van der Waals surface area contributed by atoms with Gasteiger partial charge in [0.15, 0.2) is 0 Å². The smallest absolute Gasteiger partial charge is 0.267 e. The monoisotopic (exact) mass is 302 g/mol. The molecule has 108 valence electrons. The second-order valence-corrected chi connectivity index (χ2v) is 5.15. The van der Waals surface area contributed by atoms with Crippen molar-refractivity contribution >= 4 is 23.4 Å². The molecule has 2 rings (SSSR count). The second kappa shape index (κ2) is 6.41. The van der Waals surface area contributed by atoms with Gasteiger partial charge in [0.25, 0.3) is 11.8 Å². The van der Waals surface area contributed by atoms with E-state index in [1.165, 1.54) is 6.07 Å². The molecular weight excluding hydrogens is 288 g/mol. The third-order valence-electron chi connectivity index (χ3n) is 3.15. The number of halogens is 1. The van der Waals surface area contributed by atoms with Crippen LogP contribution in [0.1, 0.15) is 31.8 Å². The van der Waals surface area contributed by atoms with Gasteiger partial charge in [-0.3, -0.25) is 20.4 Å². The van der Waals surface area contributed by atoms with E-state index in [9.17, 15) is 9.59 Å². The molecule has 2 N–H and O–H groups in total. The van der Waals surface area contributed by atoms with E-state index in [1.54, 1.807) is 30.3 Å². The van der Waals surface area contributed by atoms with E-state index in [-0.39, 0.29) is 5.91 Å². The number of amides is 2. The second-order valence-electron chi connectivity index (χ2n) is 4.72. The fourth-order valence-electron chi connectivity index (χ4n) is 1.77. The summed E-state index contributed by atoms with van der Waals surface area (Å²) in [6.07, 6.45) is 0. The fraction of sp³-hybridized carbons (Fsp3) is 0.125. The van der Waals surface area contributed by atoms with Gasteiger partial charge in [-0.2, -0.15) is 0 Å². The zero-order valence-corrected chi connectivity index (χ0v) is 12.5. The fourth-order valence-corrected chi connectivity index (χ4v) is 1.96. The van der Waals surface area contributed by atoms with E-state index in [4.69, 9.17) is 11.6 Å². The van der Waals surface area contributed by atoms with E-state index < -0.39 is 5.91 Å². The number of aryl methyl sites for hydroxylation is 2. The minimum atomic E-state index is -0.422. The molecular formula is C16H15ClN2O2. The highest BCUT2D eigenvalue weighted by Crippen LogP contribution is 2.11. The summed E-state index contributed by atoms with van der Waals surface area (Å²) in [4.78, 5) is 23.8. The first kappa shape index (κ1) is 15.1. The molecule has 0 aliphatic rings. The molecule has 0 aromatic heterocycles. The molecule has 0 aliphatic heterocycles. The standard InChI is InChI=1S/C16H15ClN2O2/c1-10-6-7-13(8-11(10)2)16(21)19-18-15(20)12-4-3-5-14(17)9-12/h3-9H,1-2H3,(H,18,20)(H,19,21). The minimum Gasteiger partial charge on any atom is -0.267 e. The molecule has 0 radical (unpaired) electrons. The third kappa shape index (κ3) is 3.83. The van der Waals surface area contributed by atoms with Crippen molar-refractivity contribution in [3.8, 4) is 0 Å². The zero-order valence-electron chi connectivity index (χ0n) is 11.7. The Labute approximate surface area is 128 Å². The topological polar surface area (TPSA) is 58.2 Å². The number of hydrogen-bond acceptors (Lipinski definition) is 2. The number of hydrogen-bond donors (Lipinski definition) is 2. The van der Waals surface area contributed by atoms with Crippen LogP contribution in [0.5, 0.6) is 0 Å². The summed E-state index contributed by atoms with van der Waals surface area (Å²) in [6, 6.07) is 11.8. The van der Waals surface area contributed by atoms with Crippen molar-refractivity contribution in [3.63, 3.8) is 0 Å². The highest BCUT2D eigenvalue weighted by Gasteiger charge is 2.10. The van der Waals surface area contributed by atoms with Gasteiger partial charge in [-0.25, -0.2) is 0 Å². The van der Waals surface area contributed by atoms with Gasteiger partial charge in [-0.15, -0.1) is 0 Å². The Kier molecular flexibility index (Phi) is 4.60. The molecule has 4 nitrogen and oxygen atoms in total. The summed E-state index contributed by atoms with van der Waals surface area (Å²) >= 11 is 5.81. The summed E-state index contributed by atoms with van der Waals surface area (Å²) in [5, 5.41) is 0.461. The molecule has 0 aliphatic carbocycles. The summed E-state index contributed by atoms with van der Waals surface area (Å²) in [5.74, 6) is -0.789. The van der Waals surface area contributed by atoms with Gasteiger partial charge < -0.3 is 0 Å². The van der Waals surface area contributed by atoms with Crippen LogP contribution in [0.2, 0.25) is 5.02 Å². The molecule has 21 heavy (non-hydrogen) atoms. The summed E-state index contributed by atoms with van der Waals surface area (Å²) in [5.41, 5.74) is 7.73. The van der Waals surface area contributed by atoms with Crippen LogP contribution in [0, 0.1) is 13.8 Å². The van der Waals surface area contributed by atoms with Crippen molar-refractivity contribution in [2.45, 2.75) is 13.8 Å². The summed E-state index contributed by atoms with van der Waals surface area (Å²) in [6.45, 7) is 3.90. The Morgan fingerprint density at radius 1 is 0.857 bits per heavy atom. The van der Waals surface area contributed by atoms with Gasteiger partial charge in [-0.05, 0) is 55.3 Å². The van der Waals surface area contributed by atoms with Crippen molar-refractivity contribution < 1.29 is 9.59 Å². The van der Waals surface area contributed by atoms with Crippen LogP contribution in [0.15, 0.2) is 42.5 Å². The van der Waals surface area contributed by atoms with Crippen LogP contribution in [0.25, 0.3) is 0 Å². The average molecular weight is 303 g/mol. The highest BCUT2D eigenvalue weighted by atomic mass is 35.5. The maximum atomic E-state index is 12.0. The first-order valence-electron chi connectivity index (χ1n) is 6.41. The maximum Gasteiger partial charge on any atom is 0.269 e. The van der Waals surface area contributed by atoms with E-state index in [0.717, 1.165) is 11.1 Å². The van der Waals surface area contributed by atoms with Crippen LogP contribution in [-0.4, -0.2) is 11.8 Å². The van der Waals surface area contributed by atoms with Crippen molar-refractivity contribution in [3.05, 3.63) is 69.7 Å². The van der Waals surface area contributed by atoms with E-state index in [2.05, 4.69) is 10.9 Å². The van der Waals surface area contributed by atoms with E-state index >= 15 is 0 Å². The first-order valence-corrected chi connectivity index (χ1v) is 6.78. The number of rotatable bonds is 2. The van der Waals surface area contributed by atoms with Gasteiger partial charge in [0.1, 0.15) is 0 Å². The molecule has 0 fully saturated rings. The number of nitrogens with one attached hydrogen (secondary N) is 2. The zero-order chi connectivity index (χ0) is 15.4. The van der Waals surface area contributed by atoms with Gasteiger partial charge in [0.05, 0.1) is 0 Å². The predicted octanol–water partition coefficient (Wildman–Crippen LogP) is 3.03. The lowest BCUT2D eigenvalue weighted by atomic mass is 10.1. The number of benzene rings is 2. The quantitative estimate of drug-likeness (QED) is 0.838. The highest BCUT2D eigenvalue weighted by molar-refractivity contribution is 6.30. The van der Waals surface area contributed by atoms with Gasteiger partial charge in [0, 0.05) is 16.1 Å². The minimum absolute atomic E-state index is 0.367. The van der Waals surface area contributed by atoms with Crippen LogP contribution in [-0.2, 0) is 0 Å². The van der Waals surface area contributed by atoms with Gasteiger partial charge in [0.2, 0.25) is 0 Å². The molecule has 0 spiro atoms. The average Bonchev–Trinajstić information content (AvgIpc) is 2.47. The Morgan fingerprint density at radius 3 is 2.05 bits per heavy atom. The van der Waals surface area contributed by atoms with Gasteiger partial charge in [-0.1, -0.05) is 23.7 Å². The van der Waals surface area contributed by atoms with Gasteiger partial charge >= 0.3 is 0 Å². The number of carbonyl (C=O) groups excluding carboxylic acids is 2. The largest absolute Gasteiger partial charge is 0.269 e. The predicted molar refractivity (Wildman–Crippen MR) is 82.3 cm³/mol. The Morgan fingerprint density at radius 2 is 1.48 bits per heavy atom. The number of hydrazine groups is 1. The molecule has 0 saturated carbocycles. The van der Waals surface area contributed by atoms with Crippen LogP contribution in [0.3, 0.4) is 0 Å². The van der Waals surface area contributed by atoms with Crippen molar-refractivity contribution in [2.24, 2.45) is 0 Å². The molecule has 2 aromatic rings. The summed E-state index contributed by atoms with van der Waals surface area (Å²) < 4.78 is 0. The Balaban J connectivity index is 2.00. The molecule has 2 amide bonds. The molecule has 2 aromatic carbocycles. The number of carbonyl (C=O) groups is 2. The van der Waals surface area contributed by atoms with Crippen LogP contribution < -0.4 is 10.9 Å².